The van der Waals surface area contributed by atoms with Crippen molar-refractivity contribution in [3.63, 3.8) is 0 Å². The normalized spacial score (nSPS) is 20.5. The molecule has 1 atom stereocenters. The van der Waals surface area contributed by atoms with Crippen molar-refractivity contribution in [2.45, 2.75) is 59.2 Å². The molecule has 1 heterocycles. The lowest BCUT2D eigenvalue weighted by molar-refractivity contribution is 0.176. The molecule has 1 fully saturated rings. The van der Waals surface area contributed by atoms with Crippen molar-refractivity contribution in [3.05, 3.63) is 35.4 Å². The van der Waals surface area contributed by atoms with Gasteiger partial charge in [-0.15, -0.1) is 0 Å². The van der Waals surface area contributed by atoms with Crippen molar-refractivity contribution in [1.82, 2.24) is 10.2 Å². The molecule has 0 aromatic heterocycles. The minimum Gasteiger partial charge on any atom is -0.370 e. The summed E-state index contributed by atoms with van der Waals surface area (Å²) in [7, 11) is 0. The van der Waals surface area contributed by atoms with Crippen LogP contribution in [0.5, 0.6) is 0 Å². The molecule has 1 aliphatic heterocycles. The number of rotatable bonds is 4. The first kappa shape index (κ1) is 17.8. The fourth-order valence-electron chi connectivity index (χ4n) is 3.13. The molecule has 0 bridgehead atoms. The molecule has 1 aromatic rings. The monoisotopic (exact) mass is 316 g/mol. The van der Waals surface area contributed by atoms with Gasteiger partial charge in [-0.25, -0.2) is 4.99 Å². The van der Waals surface area contributed by atoms with Gasteiger partial charge in [-0.2, -0.15) is 0 Å². The molecule has 1 unspecified atom stereocenters. The van der Waals surface area contributed by atoms with Gasteiger partial charge in [0.1, 0.15) is 0 Å². The number of nitrogens with one attached hydrogen (secondary N) is 1. The molecule has 0 amide bonds. The maximum absolute atomic E-state index is 5.99. The van der Waals surface area contributed by atoms with E-state index in [2.05, 4.69) is 67.2 Å². The zero-order valence-corrected chi connectivity index (χ0v) is 15.1. The van der Waals surface area contributed by atoms with E-state index >= 15 is 0 Å². The second-order valence-electron chi connectivity index (χ2n) is 7.83. The number of piperidine rings is 1. The lowest BCUT2D eigenvalue weighted by Crippen LogP contribution is -2.45. The third-order valence-electron chi connectivity index (χ3n) is 4.18. The number of hydrogen-bond acceptors (Lipinski definition) is 2. The molecular weight excluding hydrogens is 284 g/mol. The molecule has 0 spiro atoms. The Morgan fingerprint density at radius 2 is 2.00 bits per heavy atom. The van der Waals surface area contributed by atoms with Gasteiger partial charge < -0.3 is 11.1 Å². The molecule has 3 N–H and O–H groups in total. The number of hydrogen-bond donors (Lipinski definition) is 2. The van der Waals surface area contributed by atoms with E-state index in [0.717, 1.165) is 12.5 Å². The van der Waals surface area contributed by atoms with Gasteiger partial charge in [0.25, 0.3) is 0 Å². The average Bonchev–Trinajstić information content (AvgIpc) is 2.44. The lowest BCUT2D eigenvalue weighted by Gasteiger charge is -2.31. The van der Waals surface area contributed by atoms with Gasteiger partial charge in [-0.05, 0) is 57.2 Å². The van der Waals surface area contributed by atoms with Crippen LogP contribution in [0.25, 0.3) is 0 Å². The van der Waals surface area contributed by atoms with Gasteiger partial charge in [0.05, 0.1) is 6.54 Å². The zero-order chi connectivity index (χ0) is 16.9. The van der Waals surface area contributed by atoms with E-state index in [9.17, 15) is 0 Å². The highest BCUT2D eigenvalue weighted by Gasteiger charge is 2.17. The van der Waals surface area contributed by atoms with Crippen molar-refractivity contribution in [3.8, 4) is 0 Å². The van der Waals surface area contributed by atoms with Crippen LogP contribution in [0.15, 0.2) is 29.3 Å². The zero-order valence-electron chi connectivity index (χ0n) is 15.1. The first-order valence-corrected chi connectivity index (χ1v) is 8.71. The van der Waals surface area contributed by atoms with Gasteiger partial charge in [-0.1, -0.05) is 31.2 Å². The third kappa shape index (κ3) is 6.22. The largest absolute Gasteiger partial charge is 0.370 e. The van der Waals surface area contributed by atoms with Gasteiger partial charge in [0.15, 0.2) is 5.96 Å². The highest BCUT2D eigenvalue weighted by atomic mass is 15.1. The van der Waals surface area contributed by atoms with E-state index in [4.69, 9.17) is 5.73 Å². The first-order valence-electron chi connectivity index (χ1n) is 8.71. The molecule has 2 rings (SSSR count). The maximum Gasteiger partial charge on any atom is 0.189 e. The minimum atomic E-state index is -0.0585. The fourth-order valence-corrected chi connectivity index (χ4v) is 3.13. The van der Waals surface area contributed by atoms with Crippen molar-refractivity contribution < 1.29 is 0 Å². The van der Waals surface area contributed by atoms with Crippen molar-refractivity contribution >= 4 is 5.96 Å². The van der Waals surface area contributed by atoms with Crippen molar-refractivity contribution in [2.24, 2.45) is 16.6 Å². The summed E-state index contributed by atoms with van der Waals surface area (Å²) in [6, 6.07) is 8.58. The van der Waals surface area contributed by atoms with Crippen molar-refractivity contribution in [1.29, 1.82) is 0 Å². The summed E-state index contributed by atoms with van der Waals surface area (Å²) in [5.41, 5.74) is 8.57. The molecule has 1 aromatic carbocycles. The van der Waals surface area contributed by atoms with Crippen LogP contribution in [0.1, 0.15) is 51.7 Å². The summed E-state index contributed by atoms with van der Waals surface area (Å²) in [6.07, 6.45) is 2.67. The number of guanidine groups is 1. The molecule has 128 valence electrons. The van der Waals surface area contributed by atoms with Gasteiger partial charge in [0, 0.05) is 18.6 Å². The van der Waals surface area contributed by atoms with E-state index in [1.165, 1.54) is 37.1 Å². The SMILES string of the molecule is CC1CCCN(Cc2ccccc2CN=C(N)NC(C)(C)C)C1. The molecule has 0 aliphatic carbocycles. The van der Waals surface area contributed by atoms with E-state index in [0.29, 0.717) is 12.5 Å². The Hall–Kier alpha value is -1.55. The smallest absolute Gasteiger partial charge is 0.189 e. The van der Waals surface area contributed by atoms with Gasteiger partial charge in [-0.3, -0.25) is 4.90 Å². The summed E-state index contributed by atoms with van der Waals surface area (Å²) in [5.74, 6) is 1.32. The van der Waals surface area contributed by atoms with Crippen LogP contribution in [0.4, 0.5) is 0 Å². The number of aliphatic imine (C=N–C) groups is 1. The number of benzene rings is 1. The second-order valence-corrected chi connectivity index (χ2v) is 7.83. The van der Waals surface area contributed by atoms with E-state index in [1.54, 1.807) is 0 Å². The summed E-state index contributed by atoms with van der Waals surface area (Å²) in [6.45, 7) is 12.7. The number of nitrogens with two attached hydrogens (primary N) is 1. The summed E-state index contributed by atoms with van der Waals surface area (Å²) < 4.78 is 0. The molecule has 4 heteroatoms. The average molecular weight is 316 g/mol. The molecule has 4 nitrogen and oxygen atoms in total. The van der Waals surface area contributed by atoms with Crippen LogP contribution in [0.3, 0.4) is 0 Å². The molecule has 1 saturated heterocycles. The standard InChI is InChI=1S/C19H32N4/c1-15-8-7-11-23(13-15)14-17-10-6-5-9-16(17)12-21-18(20)22-19(2,3)4/h5-6,9-10,15H,7-8,11-14H2,1-4H3,(H3,20,21,22). The van der Waals surface area contributed by atoms with Crippen LogP contribution < -0.4 is 11.1 Å². The van der Waals surface area contributed by atoms with Crippen LogP contribution in [0.2, 0.25) is 0 Å². The Morgan fingerprint density at radius 3 is 2.65 bits per heavy atom. The Labute approximate surface area is 141 Å². The van der Waals surface area contributed by atoms with Crippen LogP contribution in [-0.4, -0.2) is 29.5 Å². The summed E-state index contributed by atoms with van der Waals surface area (Å²) in [4.78, 5) is 7.08. The lowest BCUT2D eigenvalue weighted by atomic mass is 9.99. The molecule has 0 radical (unpaired) electrons. The Bertz CT molecular complexity index is 530. The Kier molecular flexibility index (Phi) is 6.05. The summed E-state index contributed by atoms with van der Waals surface area (Å²) in [5, 5.41) is 3.21. The Morgan fingerprint density at radius 1 is 1.30 bits per heavy atom. The molecule has 23 heavy (non-hydrogen) atoms. The van der Waals surface area contributed by atoms with E-state index in [1.807, 2.05) is 0 Å². The second kappa shape index (κ2) is 7.82. The topological polar surface area (TPSA) is 53.6 Å². The molecular formula is C19H32N4. The number of nitrogens with zero attached hydrogens (tertiary/aromatic N) is 2. The first-order chi connectivity index (χ1) is 10.8. The predicted octanol–water partition coefficient (Wildman–Crippen LogP) is 3.12. The molecule has 0 saturated carbocycles. The number of likely N-dealkylation sites (tertiary alicyclic amines) is 1. The third-order valence-corrected chi connectivity index (χ3v) is 4.18. The van der Waals surface area contributed by atoms with Crippen molar-refractivity contribution in [2.75, 3.05) is 13.1 Å². The summed E-state index contributed by atoms with van der Waals surface area (Å²) >= 11 is 0. The maximum atomic E-state index is 5.99. The van der Waals surface area contributed by atoms with Gasteiger partial charge in [0.2, 0.25) is 0 Å². The van der Waals surface area contributed by atoms with Gasteiger partial charge >= 0.3 is 0 Å². The van der Waals surface area contributed by atoms with Crippen LogP contribution in [0, 0.1) is 5.92 Å². The predicted molar refractivity (Wildman–Crippen MR) is 98.3 cm³/mol. The van der Waals surface area contributed by atoms with E-state index in [-0.39, 0.29) is 5.54 Å². The highest BCUT2D eigenvalue weighted by Crippen LogP contribution is 2.20. The van der Waals surface area contributed by atoms with Crippen LogP contribution >= 0.6 is 0 Å². The van der Waals surface area contributed by atoms with Crippen LogP contribution in [-0.2, 0) is 13.1 Å². The van der Waals surface area contributed by atoms with E-state index < -0.39 is 0 Å². The Balaban J connectivity index is 2.01. The minimum absolute atomic E-state index is 0.0585. The fraction of sp³-hybridized carbons (Fsp3) is 0.632. The molecule has 1 aliphatic rings. The quantitative estimate of drug-likeness (QED) is 0.663. The highest BCUT2D eigenvalue weighted by molar-refractivity contribution is 5.78.